The van der Waals surface area contributed by atoms with Crippen molar-refractivity contribution in [3.05, 3.63) is 57.6 Å². The lowest BCUT2D eigenvalue weighted by molar-refractivity contribution is 0.196. The zero-order chi connectivity index (χ0) is 14.7. The van der Waals surface area contributed by atoms with Crippen LogP contribution in [-0.2, 0) is 0 Å². The molecule has 0 radical (unpaired) electrons. The molecule has 1 atom stereocenters. The van der Waals surface area contributed by atoms with E-state index >= 15 is 0 Å². The summed E-state index contributed by atoms with van der Waals surface area (Å²) < 4.78 is 0. The number of hydrogen-bond acceptors (Lipinski definition) is 3. The van der Waals surface area contributed by atoms with E-state index in [0.29, 0.717) is 15.6 Å². The molecule has 0 heterocycles. The van der Waals surface area contributed by atoms with Gasteiger partial charge in [-0.1, -0.05) is 41.0 Å². The summed E-state index contributed by atoms with van der Waals surface area (Å²) in [6, 6.07) is 12.5. The summed E-state index contributed by atoms with van der Waals surface area (Å²) in [5.41, 5.74) is 1.29. The van der Waals surface area contributed by atoms with Crippen LogP contribution in [0, 0.1) is 11.3 Å². The molecule has 0 fully saturated rings. The SMILES string of the molecule is C[C@H](O)c1ccc(C#N)cc1Sc1cc(Cl)ccc1Cl. The highest BCUT2D eigenvalue weighted by molar-refractivity contribution is 7.99. The van der Waals surface area contributed by atoms with Gasteiger partial charge in [-0.05, 0) is 42.8 Å². The molecule has 0 unspecified atom stereocenters. The molecule has 5 heteroatoms. The molecule has 0 aliphatic rings. The number of benzene rings is 2. The highest BCUT2D eigenvalue weighted by Crippen LogP contribution is 2.38. The van der Waals surface area contributed by atoms with Gasteiger partial charge in [0.15, 0.2) is 0 Å². The first-order valence-electron chi connectivity index (χ1n) is 5.86. The largest absolute Gasteiger partial charge is 0.389 e. The maximum absolute atomic E-state index is 9.81. The van der Waals surface area contributed by atoms with Crippen LogP contribution in [0.4, 0.5) is 0 Å². The van der Waals surface area contributed by atoms with Crippen LogP contribution in [0.1, 0.15) is 24.2 Å². The van der Waals surface area contributed by atoms with E-state index in [4.69, 9.17) is 28.5 Å². The van der Waals surface area contributed by atoms with Crippen LogP contribution in [-0.4, -0.2) is 5.11 Å². The average Bonchev–Trinajstić information content (AvgIpc) is 2.42. The van der Waals surface area contributed by atoms with Crippen LogP contribution >= 0.6 is 35.0 Å². The summed E-state index contributed by atoms with van der Waals surface area (Å²) in [4.78, 5) is 1.58. The molecule has 2 aromatic carbocycles. The van der Waals surface area contributed by atoms with Gasteiger partial charge in [0.2, 0.25) is 0 Å². The normalized spacial score (nSPS) is 11.9. The zero-order valence-corrected chi connectivity index (χ0v) is 12.9. The maximum atomic E-state index is 9.81. The third kappa shape index (κ3) is 3.47. The van der Waals surface area contributed by atoms with Gasteiger partial charge in [0.25, 0.3) is 0 Å². The lowest BCUT2D eigenvalue weighted by Gasteiger charge is -2.13. The second-order valence-corrected chi connectivity index (χ2v) is 6.14. The van der Waals surface area contributed by atoms with Gasteiger partial charge >= 0.3 is 0 Å². The average molecular weight is 324 g/mol. The number of nitrogens with zero attached hydrogens (tertiary/aromatic N) is 1. The van der Waals surface area contributed by atoms with Crippen molar-refractivity contribution in [3.8, 4) is 6.07 Å². The first-order valence-corrected chi connectivity index (χ1v) is 7.43. The van der Waals surface area contributed by atoms with Gasteiger partial charge < -0.3 is 5.11 Å². The summed E-state index contributed by atoms with van der Waals surface area (Å²) in [6.45, 7) is 1.69. The Morgan fingerprint density at radius 1 is 1.15 bits per heavy atom. The minimum Gasteiger partial charge on any atom is -0.389 e. The maximum Gasteiger partial charge on any atom is 0.0992 e. The Bertz CT molecular complexity index is 680. The molecule has 0 spiro atoms. The van der Waals surface area contributed by atoms with Crippen LogP contribution in [0.15, 0.2) is 46.2 Å². The van der Waals surface area contributed by atoms with Gasteiger partial charge in [0.05, 0.1) is 22.8 Å². The lowest BCUT2D eigenvalue weighted by atomic mass is 10.1. The van der Waals surface area contributed by atoms with Gasteiger partial charge in [-0.25, -0.2) is 0 Å². The lowest BCUT2D eigenvalue weighted by Crippen LogP contribution is -1.95. The van der Waals surface area contributed by atoms with Crippen LogP contribution in [0.5, 0.6) is 0 Å². The standard InChI is InChI=1S/C15H11Cl2NOS/c1-9(19)12-4-2-10(8-18)6-14(12)20-15-7-11(16)3-5-13(15)17/h2-7,9,19H,1H3/t9-/m0/s1. The molecule has 2 nitrogen and oxygen atoms in total. The molecular formula is C15H11Cl2NOS. The first kappa shape index (κ1) is 15.2. The molecule has 0 aliphatic heterocycles. The van der Waals surface area contributed by atoms with E-state index in [1.165, 1.54) is 11.8 Å². The fraction of sp³-hybridized carbons (Fsp3) is 0.133. The number of rotatable bonds is 3. The first-order chi connectivity index (χ1) is 9.51. The van der Waals surface area contributed by atoms with E-state index in [1.807, 2.05) is 0 Å². The molecule has 0 aromatic heterocycles. The molecular weight excluding hydrogens is 313 g/mol. The van der Waals surface area contributed by atoms with Crippen LogP contribution in [0.2, 0.25) is 10.0 Å². The van der Waals surface area contributed by atoms with Crippen molar-refractivity contribution < 1.29 is 5.11 Å². The van der Waals surface area contributed by atoms with E-state index in [9.17, 15) is 5.11 Å². The molecule has 20 heavy (non-hydrogen) atoms. The third-order valence-corrected chi connectivity index (χ3v) is 4.51. The van der Waals surface area contributed by atoms with E-state index in [0.717, 1.165) is 15.4 Å². The monoisotopic (exact) mass is 323 g/mol. The Labute approximate surface area is 131 Å². The molecule has 0 amide bonds. The second-order valence-electron chi connectivity index (χ2n) is 4.22. The van der Waals surface area contributed by atoms with E-state index < -0.39 is 6.10 Å². The Balaban J connectivity index is 2.46. The molecule has 0 bridgehead atoms. The van der Waals surface area contributed by atoms with Crippen LogP contribution in [0.25, 0.3) is 0 Å². The number of halogens is 2. The Hall–Kier alpha value is -1.18. The zero-order valence-electron chi connectivity index (χ0n) is 10.6. The van der Waals surface area contributed by atoms with E-state index in [1.54, 1.807) is 43.3 Å². The minimum absolute atomic E-state index is 0.537. The van der Waals surface area contributed by atoms with Crippen molar-refractivity contribution in [2.75, 3.05) is 0 Å². The Morgan fingerprint density at radius 2 is 1.90 bits per heavy atom. The quantitative estimate of drug-likeness (QED) is 0.857. The van der Waals surface area contributed by atoms with Crippen LogP contribution < -0.4 is 0 Å². The molecule has 2 rings (SSSR count). The molecule has 0 saturated heterocycles. The summed E-state index contributed by atoms with van der Waals surface area (Å²) in [5.74, 6) is 0. The number of hydrogen-bond donors (Lipinski definition) is 1. The van der Waals surface area contributed by atoms with Gasteiger partial charge in [0.1, 0.15) is 0 Å². The van der Waals surface area contributed by atoms with Crippen molar-refractivity contribution >= 4 is 35.0 Å². The van der Waals surface area contributed by atoms with Crippen molar-refractivity contribution in [2.45, 2.75) is 22.8 Å². The Kier molecular flexibility index (Phi) is 4.95. The molecule has 2 aromatic rings. The summed E-state index contributed by atoms with van der Waals surface area (Å²) in [7, 11) is 0. The highest BCUT2D eigenvalue weighted by atomic mass is 35.5. The predicted molar refractivity (Wildman–Crippen MR) is 82.4 cm³/mol. The van der Waals surface area contributed by atoms with Gasteiger partial charge in [-0.3, -0.25) is 0 Å². The highest BCUT2D eigenvalue weighted by Gasteiger charge is 2.12. The molecule has 102 valence electrons. The molecule has 0 saturated carbocycles. The number of aliphatic hydroxyl groups excluding tert-OH is 1. The van der Waals surface area contributed by atoms with Crippen molar-refractivity contribution in [1.82, 2.24) is 0 Å². The van der Waals surface area contributed by atoms with Crippen molar-refractivity contribution in [1.29, 1.82) is 5.26 Å². The van der Waals surface area contributed by atoms with Crippen molar-refractivity contribution in [3.63, 3.8) is 0 Å². The van der Waals surface area contributed by atoms with E-state index in [2.05, 4.69) is 6.07 Å². The van der Waals surface area contributed by atoms with Gasteiger partial charge in [-0.15, -0.1) is 0 Å². The third-order valence-electron chi connectivity index (χ3n) is 2.71. The van der Waals surface area contributed by atoms with Gasteiger partial charge in [-0.2, -0.15) is 5.26 Å². The summed E-state index contributed by atoms with van der Waals surface area (Å²) >= 11 is 13.5. The molecule has 0 aliphatic carbocycles. The van der Waals surface area contributed by atoms with E-state index in [-0.39, 0.29) is 0 Å². The van der Waals surface area contributed by atoms with Gasteiger partial charge in [0, 0.05) is 14.8 Å². The predicted octanol–water partition coefficient (Wildman–Crippen LogP) is 5.07. The number of nitriles is 1. The summed E-state index contributed by atoms with van der Waals surface area (Å²) in [5, 5.41) is 20.0. The topological polar surface area (TPSA) is 44.0 Å². The Morgan fingerprint density at radius 3 is 2.55 bits per heavy atom. The van der Waals surface area contributed by atoms with Crippen molar-refractivity contribution in [2.24, 2.45) is 0 Å². The fourth-order valence-corrected chi connectivity index (χ4v) is 3.31. The van der Waals surface area contributed by atoms with Crippen LogP contribution in [0.3, 0.4) is 0 Å². The number of aliphatic hydroxyl groups is 1. The molecule has 1 N–H and O–H groups in total. The minimum atomic E-state index is -0.622. The second kappa shape index (κ2) is 6.51. The smallest absolute Gasteiger partial charge is 0.0992 e. The summed E-state index contributed by atoms with van der Waals surface area (Å²) in [6.07, 6.45) is -0.622. The fourth-order valence-electron chi connectivity index (χ4n) is 1.71.